The molecular weight excluding hydrogens is 420 g/mol. The summed E-state index contributed by atoms with van der Waals surface area (Å²) < 4.78 is 16.1. The van der Waals surface area contributed by atoms with E-state index in [9.17, 15) is 4.79 Å². The smallest absolute Gasteiger partial charge is 0.241 e. The predicted molar refractivity (Wildman–Crippen MR) is 125 cm³/mol. The number of ether oxygens (including phenoxy) is 2. The number of carbonyl (C=O) groups is 1. The van der Waals surface area contributed by atoms with E-state index in [1.807, 2.05) is 42.5 Å². The number of hydrogen-bond acceptors (Lipinski definition) is 7. The van der Waals surface area contributed by atoms with Crippen LogP contribution in [0.4, 0.5) is 5.69 Å². The Hall–Kier alpha value is -3.39. The fourth-order valence-electron chi connectivity index (χ4n) is 4.08. The van der Waals surface area contributed by atoms with E-state index < -0.39 is 0 Å². The summed E-state index contributed by atoms with van der Waals surface area (Å²) >= 11 is 0. The molecule has 8 heteroatoms. The van der Waals surface area contributed by atoms with E-state index >= 15 is 0 Å². The zero-order valence-corrected chi connectivity index (χ0v) is 19.3. The molecule has 1 aromatic heterocycles. The Kier molecular flexibility index (Phi) is 7.24. The molecule has 1 aliphatic rings. The van der Waals surface area contributed by atoms with Gasteiger partial charge in [0.15, 0.2) is 11.5 Å². The maximum absolute atomic E-state index is 12.8. The number of methoxy groups -OCH3 is 2. The minimum atomic E-state index is -0.0714. The fourth-order valence-corrected chi connectivity index (χ4v) is 4.08. The molecule has 1 atom stereocenters. The highest BCUT2D eigenvalue weighted by Crippen LogP contribution is 2.31. The quantitative estimate of drug-likeness (QED) is 0.551. The Bertz CT molecular complexity index is 1080. The average Bonchev–Trinajstić information content (AvgIpc) is 3.32. The lowest BCUT2D eigenvalue weighted by molar-refractivity contribution is -0.121. The molecule has 1 amide bonds. The van der Waals surface area contributed by atoms with Gasteiger partial charge in [-0.1, -0.05) is 24.2 Å². The monoisotopic (exact) mass is 450 g/mol. The summed E-state index contributed by atoms with van der Waals surface area (Å²) in [6.45, 7) is 4.18. The number of benzene rings is 2. The zero-order chi connectivity index (χ0) is 23.2. The number of nitrogens with one attached hydrogen (secondary N) is 1. The molecule has 2 aromatic carbocycles. The van der Waals surface area contributed by atoms with Gasteiger partial charge in [-0.05, 0) is 61.7 Å². The van der Waals surface area contributed by atoms with Gasteiger partial charge in [-0.25, -0.2) is 0 Å². The maximum Gasteiger partial charge on any atom is 0.241 e. The van der Waals surface area contributed by atoms with E-state index in [1.165, 1.54) is 5.56 Å². The second-order valence-electron chi connectivity index (χ2n) is 8.20. The SMILES string of the molecule is CCc1ccc(NC(=O)[C@@H]2CCCN(Cc3nc(-c4ccc(OC)c(OC)c4)no3)C2)cc1. The van der Waals surface area contributed by atoms with Crippen molar-refractivity contribution in [3.05, 3.63) is 53.9 Å². The molecule has 1 aliphatic heterocycles. The van der Waals surface area contributed by atoms with Crippen molar-refractivity contribution >= 4 is 11.6 Å². The van der Waals surface area contributed by atoms with Crippen LogP contribution in [0.3, 0.4) is 0 Å². The number of likely N-dealkylation sites (tertiary alicyclic amines) is 1. The molecule has 0 radical (unpaired) electrons. The molecule has 0 aliphatic carbocycles. The van der Waals surface area contributed by atoms with Crippen LogP contribution in [0, 0.1) is 5.92 Å². The number of hydrogen-bond donors (Lipinski definition) is 1. The topological polar surface area (TPSA) is 89.7 Å². The molecule has 8 nitrogen and oxygen atoms in total. The van der Waals surface area contributed by atoms with Gasteiger partial charge in [-0.2, -0.15) is 4.98 Å². The van der Waals surface area contributed by atoms with Crippen molar-refractivity contribution in [1.29, 1.82) is 0 Å². The van der Waals surface area contributed by atoms with Gasteiger partial charge in [0.05, 0.1) is 26.7 Å². The molecule has 33 heavy (non-hydrogen) atoms. The predicted octanol–water partition coefficient (Wildman–Crippen LogP) is 4.17. The maximum atomic E-state index is 12.8. The normalized spacial score (nSPS) is 16.4. The summed E-state index contributed by atoms with van der Waals surface area (Å²) in [4.78, 5) is 19.5. The number of aromatic nitrogens is 2. The minimum absolute atomic E-state index is 0.0560. The van der Waals surface area contributed by atoms with Crippen molar-refractivity contribution < 1.29 is 18.8 Å². The summed E-state index contributed by atoms with van der Waals surface area (Å²) in [6.07, 6.45) is 2.80. The van der Waals surface area contributed by atoms with Crippen molar-refractivity contribution in [2.24, 2.45) is 5.92 Å². The van der Waals surface area contributed by atoms with Gasteiger partial charge in [0.1, 0.15) is 0 Å². The molecular formula is C25H30N4O4. The second kappa shape index (κ2) is 10.5. The first-order chi connectivity index (χ1) is 16.1. The van der Waals surface area contributed by atoms with Crippen molar-refractivity contribution in [2.45, 2.75) is 32.7 Å². The lowest BCUT2D eigenvalue weighted by atomic mass is 9.97. The third-order valence-corrected chi connectivity index (χ3v) is 5.97. The van der Waals surface area contributed by atoms with Gasteiger partial charge in [0.25, 0.3) is 0 Å². The van der Waals surface area contributed by atoms with Crippen molar-refractivity contribution in [1.82, 2.24) is 15.0 Å². The van der Waals surface area contributed by atoms with Crippen molar-refractivity contribution in [3.8, 4) is 22.9 Å². The van der Waals surface area contributed by atoms with Crippen LogP contribution in [0.25, 0.3) is 11.4 Å². The Morgan fingerprint density at radius 3 is 2.67 bits per heavy atom. The molecule has 1 saturated heterocycles. The number of anilines is 1. The summed E-state index contributed by atoms with van der Waals surface area (Å²) in [6, 6.07) is 13.5. The second-order valence-corrected chi connectivity index (χ2v) is 8.20. The summed E-state index contributed by atoms with van der Waals surface area (Å²) in [5.41, 5.74) is 2.88. The molecule has 4 rings (SSSR count). The summed E-state index contributed by atoms with van der Waals surface area (Å²) in [5, 5.41) is 7.17. The van der Waals surface area contributed by atoms with E-state index in [0.717, 1.165) is 37.1 Å². The van der Waals surface area contributed by atoms with Crippen LogP contribution in [0.2, 0.25) is 0 Å². The average molecular weight is 451 g/mol. The van der Waals surface area contributed by atoms with E-state index in [-0.39, 0.29) is 11.8 Å². The van der Waals surface area contributed by atoms with E-state index in [4.69, 9.17) is 14.0 Å². The number of aryl methyl sites for hydroxylation is 1. The fraction of sp³-hybridized carbons (Fsp3) is 0.400. The van der Waals surface area contributed by atoms with Crippen molar-refractivity contribution in [2.75, 3.05) is 32.6 Å². The van der Waals surface area contributed by atoms with Gasteiger partial charge in [-0.3, -0.25) is 9.69 Å². The third-order valence-electron chi connectivity index (χ3n) is 5.97. The molecule has 0 saturated carbocycles. The van der Waals surface area contributed by atoms with Crippen LogP contribution >= 0.6 is 0 Å². The first kappa shape index (κ1) is 22.8. The minimum Gasteiger partial charge on any atom is -0.493 e. The zero-order valence-electron chi connectivity index (χ0n) is 19.3. The van der Waals surface area contributed by atoms with Crippen LogP contribution < -0.4 is 14.8 Å². The Morgan fingerprint density at radius 2 is 1.94 bits per heavy atom. The standard InChI is InChI=1S/C25H30N4O4/c1-4-17-7-10-20(11-8-17)26-25(30)19-6-5-13-29(15-19)16-23-27-24(28-33-23)18-9-12-21(31-2)22(14-18)32-3/h7-12,14,19H,4-6,13,15-16H2,1-3H3,(H,26,30)/t19-/m1/s1. The number of carbonyl (C=O) groups excluding carboxylic acids is 1. The van der Waals surface area contributed by atoms with Crippen LogP contribution in [-0.2, 0) is 17.8 Å². The summed E-state index contributed by atoms with van der Waals surface area (Å²) in [7, 11) is 3.19. The van der Waals surface area contributed by atoms with Gasteiger partial charge in [0, 0.05) is 17.8 Å². The molecule has 0 spiro atoms. The molecule has 174 valence electrons. The molecule has 1 fully saturated rings. The highest BCUT2D eigenvalue weighted by atomic mass is 16.5. The number of amides is 1. The van der Waals surface area contributed by atoms with Crippen LogP contribution in [-0.4, -0.2) is 48.3 Å². The first-order valence-electron chi connectivity index (χ1n) is 11.3. The van der Waals surface area contributed by atoms with E-state index in [1.54, 1.807) is 14.2 Å². The molecule has 2 heterocycles. The lowest BCUT2D eigenvalue weighted by Gasteiger charge is -2.30. The Morgan fingerprint density at radius 1 is 1.15 bits per heavy atom. The number of rotatable bonds is 8. The van der Waals surface area contributed by atoms with Crippen molar-refractivity contribution in [3.63, 3.8) is 0 Å². The molecule has 0 unspecified atom stereocenters. The highest BCUT2D eigenvalue weighted by molar-refractivity contribution is 5.92. The molecule has 3 aromatic rings. The van der Waals surface area contributed by atoms with Crippen LogP contribution in [0.1, 0.15) is 31.2 Å². The summed E-state index contributed by atoms with van der Waals surface area (Å²) in [5.74, 6) is 2.25. The highest BCUT2D eigenvalue weighted by Gasteiger charge is 2.27. The molecule has 1 N–H and O–H groups in total. The van der Waals surface area contributed by atoms with E-state index in [2.05, 4.69) is 27.3 Å². The first-order valence-corrected chi connectivity index (χ1v) is 11.3. The van der Waals surface area contributed by atoms with Gasteiger partial charge >= 0.3 is 0 Å². The lowest BCUT2D eigenvalue weighted by Crippen LogP contribution is -2.40. The van der Waals surface area contributed by atoms with Crippen LogP contribution in [0.5, 0.6) is 11.5 Å². The third kappa shape index (κ3) is 5.51. The van der Waals surface area contributed by atoms with E-state index in [0.29, 0.717) is 36.3 Å². The Labute approximate surface area is 193 Å². The van der Waals surface area contributed by atoms with Crippen LogP contribution in [0.15, 0.2) is 47.0 Å². The van der Waals surface area contributed by atoms with Gasteiger partial charge < -0.3 is 19.3 Å². The van der Waals surface area contributed by atoms with Gasteiger partial charge in [0.2, 0.25) is 17.6 Å². The Balaban J connectivity index is 1.36. The number of nitrogens with zero attached hydrogens (tertiary/aromatic N) is 3. The number of piperidine rings is 1. The largest absolute Gasteiger partial charge is 0.493 e. The molecule has 0 bridgehead atoms. The van der Waals surface area contributed by atoms with Gasteiger partial charge in [-0.15, -0.1) is 0 Å².